The molecule has 29 heavy (non-hydrogen) atoms. The zero-order chi connectivity index (χ0) is 20.1. The average molecular weight is 534 g/mol. The fraction of sp³-hybridized carbons (Fsp3) is 0.421. The number of hydrogen-bond donors (Lipinski definition) is 2. The van der Waals surface area contributed by atoms with E-state index in [9.17, 15) is 4.79 Å². The van der Waals surface area contributed by atoms with Gasteiger partial charge in [0.2, 0.25) is 0 Å². The van der Waals surface area contributed by atoms with Crippen molar-refractivity contribution >= 4 is 53.3 Å². The summed E-state index contributed by atoms with van der Waals surface area (Å²) in [5, 5.41) is 7.27. The van der Waals surface area contributed by atoms with Crippen molar-refractivity contribution in [3.8, 4) is 0 Å². The molecule has 0 spiro atoms. The number of halogens is 2. The van der Waals surface area contributed by atoms with E-state index in [4.69, 9.17) is 20.8 Å². The molecule has 1 atom stereocenters. The number of methoxy groups -OCH3 is 1. The molecular weight excluding hydrogens is 509 g/mol. The van der Waals surface area contributed by atoms with Crippen LogP contribution in [0.5, 0.6) is 0 Å². The van der Waals surface area contributed by atoms with Crippen LogP contribution in [0.1, 0.15) is 28.3 Å². The van der Waals surface area contributed by atoms with Gasteiger partial charge in [-0.3, -0.25) is 4.99 Å². The summed E-state index contributed by atoms with van der Waals surface area (Å²) in [7, 11) is 3.06. The van der Waals surface area contributed by atoms with Gasteiger partial charge in [0, 0.05) is 32.4 Å². The molecule has 1 fully saturated rings. The molecule has 1 aliphatic rings. The van der Waals surface area contributed by atoms with E-state index in [-0.39, 0.29) is 30.0 Å². The van der Waals surface area contributed by atoms with Gasteiger partial charge in [-0.2, -0.15) is 0 Å². The van der Waals surface area contributed by atoms with Crippen LogP contribution < -0.4 is 15.5 Å². The van der Waals surface area contributed by atoms with Gasteiger partial charge in [0.25, 0.3) is 0 Å². The van der Waals surface area contributed by atoms with Gasteiger partial charge >= 0.3 is 5.97 Å². The Bertz CT molecular complexity index is 873. The summed E-state index contributed by atoms with van der Waals surface area (Å²) in [6.07, 6.45) is 2.69. The van der Waals surface area contributed by atoms with Gasteiger partial charge in [-0.1, -0.05) is 11.6 Å². The molecule has 0 radical (unpaired) electrons. The highest BCUT2D eigenvalue weighted by Gasteiger charge is 2.25. The lowest BCUT2D eigenvalue weighted by Crippen LogP contribution is -2.44. The molecular formula is C19H25ClIN5O3. The number of ether oxygens (including phenoxy) is 1. The summed E-state index contributed by atoms with van der Waals surface area (Å²) in [6, 6.07) is 5.57. The zero-order valence-electron chi connectivity index (χ0n) is 16.6. The fourth-order valence-electron chi connectivity index (χ4n) is 3.18. The molecule has 1 aliphatic heterocycles. The SMILES string of the molecule is CN=C(NCc1cc(C(=O)OC)c(C)o1)NC1CCN(c2ncccc2Cl)C1.I. The van der Waals surface area contributed by atoms with Crippen molar-refractivity contribution in [3.05, 3.63) is 46.5 Å². The quantitative estimate of drug-likeness (QED) is 0.264. The Balaban J connectivity index is 0.00000300. The van der Waals surface area contributed by atoms with Crippen molar-refractivity contribution in [1.29, 1.82) is 0 Å². The first kappa shape index (κ1) is 23.3. The average Bonchev–Trinajstić information content (AvgIpc) is 3.31. The summed E-state index contributed by atoms with van der Waals surface area (Å²) in [6.45, 7) is 3.79. The van der Waals surface area contributed by atoms with Gasteiger partial charge in [0.1, 0.15) is 22.9 Å². The van der Waals surface area contributed by atoms with Crippen molar-refractivity contribution in [1.82, 2.24) is 15.6 Å². The maximum Gasteiger partial charge on any atom is 0.341 e. The summed E-state index contributed by atoms with van der Waals surface area (Å²) in [5.41, 5.74) is 0.431. The van der Waals surface area contributed by atoms with E-state index in [1.165, 1.54) is 7.11 Å². The van der Waals surface area contributed by atoms with E-state index in [0.29, 0.717) is 34.6 Å². The second-order valence-corrected chi connectivity index (χ2v) is 6.89. The number of aromatic nitrogens is 1. The summed E-state index contributed by atoms with van der Waals surface area (Å²) < 4.78 is 10.4. The van der Waals surface area contributed by atoms with Crippen LogP contribution in [0.15, 0.2) is 33.8 Å². The minimum Gasteiger partial charge on any atom is -0.465 e. The van der Waals surface area contributed by atoms with Gasteiger partial charge in [-0.15, -0.1) is 24.0 Å². The lowest BCUT2D eigenvalue weighted by Gasteiger charge is -2.20. The number of rotatable bonds is 5. The normalized spacial score (nSPS) is 16.3. The van der Waals surface area contributed by atoms with Gasteiger partial charge in [0.15, 0.2) is 5.96 Å². The fourth-order valence-corrected chi connectivity index (χ4v) is 3.42. The molecule has 158 valence electrons. The van der Waals surface area contributed by atoms with Gasteiger partial charge in [0.05, 0.1) is 18.7 Å². The topological polar surface area (TPSA) is 92.0 Å². The van der Waals surface area contributed by atoms with Gasteiger partial charge in [-0.25, -0.2) is 9.78 Å². The molecule has 10 heteroatoms. The molecule has 0 aromatic carbocycles. The van der Waals surface area contributed by atoms with Gasteiger partial charge < -0.3 is 24.7 Å². The standard InChI is InChI=1S/C19H24ClN5O3.HI/c1-12-15(18(26)27-3)9-14(28-12)10-23-19(21-2)24-13-6-8-25(11-13)17-16(20)5-4-7-22-17;/h4-5,7,9,13H,6,8,10-11H2,1-3H3,(H2,21,23,24);1H. The number of nitrogens with one attached hydrogen (secondary N) is 2. The molecule has 2 N–H and O–H groups in total. The maximum absolute atomic E-state index is 11.7. The molecule has 2 aromatic rings. The molecule has 0 aliphatic carbocycles. The van der Waals surface area contributed by atoms with Crippen LogP contribution >= 0.6 is 35.6 Å². The maximum atomic E-state index is 11.7. The number of esters is 1. The first-order valence-electron chi connectivity index (χ1n) is 9.02. The molecule has 0 saturated carbocycles. The van der Waals surface area contributed by atoms with E-state index in [0.717, 1.165) is 25.3 Å². The van der Waals surface area contributed by atoms with Crippen molar-refractivity contribution in [2.75, 3.05) is 32.1 Å². The minimum absolute atomic E-state index is 0. The Morgan fingerprint density at radius 2 is 2.31 bits per heavy atom. The summed E-state index contributed by atoms with van der Waals surface area (Å²) in [5.74, 6) is 2.22. The van der Waals surface area contributed by atoms with E-state index < -0.39 is 5.97 Å². The molecule has 3 rings (SSSR count). The molecule has 1 saturated heterocycles. The third kappa shape index (κ3) is 5.75. The number of anilines is 1. The van der Waals surface area contributed by atoms with Crippen molar-refractivity contribution < 1.29 is 13.9 Å². The number of aryl methyl sites for hydroxylation is 1. The van der Waals surface area contributed by atoms with Crippen LogP contribution in [0.4, 0.5) is 5.82 Å². The molecule has 0 bridgehead atoms. The van der Waals surface area contributed by atoms with Crippen molar-refractivity contribution in [2.45, 2.75) is 25.9 Å². The van der Waals surface area contributed by atoms with Crippen molar-refractivity contribution in [3.63, 3.8) is 0 Å². The Morgan fingerprint density at radius 1 is 1.52 bits per heavy atom. The third-order valence-electron chi connectivity index (χ3n) is 4.60. The van der Waals surface area contributed by atoms with E-state index >= 15 is 0 Å². The molecule has 2 aromatic heterocycles. The number of pyridine rings is 1. The number of carbonyl (C=O) groups excluding carboxylic acids is 1. The highest BCUT2D eigenvalue weighted by Crippen LogP contribution is 2.25. The van der Waals surface area contributed by atoms with Crippen LogP contribution in [0.2, 0.25) is 5.02 Å². The molecule has 1 unspecified atom stereocenters. The number of aliphatic imine (C=N–C) groups is 1. The van der Waals surface area contributed by atoms with Crippen LogP contribution in [-0.2, 0) is 11.3 Å². The Kier molecular flexibility index (Phi) is 8.57. The van der Waals surface area contributed by atoms with Crippen LogP contribution in [-0.4, -0.2) is 50.2 Å². The Morgan fingerprint density at radius 3 is 3.00 bits per heavy atom. The second-order valence-electron chi connectivity index (χ2n) is 6.48. The summed E-state index contributed by atoms with van der Waals surface area (Å²) in [4.78, 5) is 22.5. The minimum atomic E-state index is -0.408. The number of hydrogen-bond acceptors (Lipinski definition) is 6. The highest BCUT2D eigenvalue weighted by molar-refractivity contribution is 14.0. The zero-order valence-corrected chi connectivity index (χ0v) is 19.7. The van der Waals surface area contributed by atoms with E-state index in [1.54, 1.807) is 26.2 Å². The summed E-state index contributed by atoms with van der Waals surface area (Å²) >= 11 is 6.25. The monoisotopic (exact) mass is 533 g/mol. The Labute approximate surface area is 192 Å². The van der Waals surface area contributed by atoms with Crippen LogP contribution in [0, 0.1) is 6.92 Å². The van der Waals surface area contributed by atoms with Crippen LogP contribution in [0.3, 0.4) is 0 Å². The number of furan rings is 1. The smallest absolute Gasteiger partial charge is 0.341 e. The number of nitrogens with zero attached hydrogens (tertiary/aromatic N) is 3. The first-order valence-corrected chi connectivity index (χ1v) is 9.40. The predicted molar refractivity (Wildman–Crippen MR) is 123 cm³/mol. The molecule has 8 nitrogen and oxygen atoms in total. The largest absolute Gasteiger partial charge is 0.465 e. The third-order valence-corrected chi connectivity index (χ3v) is 4.89. The van der Waals surface area contributed by atoms with Crippen LogP contribution in [0.25, 0.3) is 0 Å². The molecule has 3 heterocycles. The second kappa shape index (κ2) is 10.7. The lowest BCUT2D eigenvalue weighted by atomic mass is 10.2. The van der Waals surface area contributed by atoms with Gasteiger partial charge in [-0.05, 0) is 31.5 Å². The lowest BCUT2D eigenvalue weighted by molar-refractivity contribution is 0.0599. The van der Waals surface area contributed by atoms with E-state index in [2.05, 4.69) is 25.5 Å². The Hall–Kier alpha value is -2.01. The van der Waals surface area contributed by atoms with E-state index in [1.807, 2.05) is 12.1 Å². The molecule has 0 amide bonds. The number of carbonyl (C=O) groups is 1. The highest BCUT2D eigenvalue weighted by atomic mass is 127. The first-order chi connectivity index (χ1) is 13.5. The number of guanidine groups is 1. The predicted octanol–water partition coefficient (Wildman–Crippen LogP) is 2.98. The van der Waals surface area contributed by atoms with Crippen molar-refractivity contribution in [2.24, 2.45) is 4.99 Å².